The molecule has 31 heavy (non-hydrogen) atoms. The number of halogens is 1. The first-order valence-corrected chi connectivity index (χ1v) is 11.3. The molecular weight excluding hydrogens is 389 g/mol. The minimum atomic E-state index is -0.113. The molecule has 3 aromatic rings. The standard InChI is InChI=1S/C25H30FN5/c26-24-6-1-2-7-25(24)30-17-15-29(16-18-30)23-5-3-13-28(20-23)19-21-8-10-22(11-9-21)31-14-4-12-27-31/h1-2,4,6-12,14,23H,3,5,13,15-20H2/t23-/m1/s1. The fourth-order valence-electron chi connectivity index (χ4n) is 4.94. The monoisotopic (exact) mass is 419 g/mol. The maximum Gasteiger partial charge on any atom is 0.146 e. The van der Waals surface area contributed by atoms with Crippen LogP contribution < -0.4 is 4.90 Å². The molecule has 0 bridgehead atoms. The summed E-state index contributed by atoms with van der Waals surface area (Å²) in [5.74, 6) is -0.113. The van der Waals surface area contributed by atoms with Crippen LogP contribution in [0.5, 0.6) is 0 Å². The highest BCUT2D eigenvalue weighted by atomic mass is 19.1. The SMILES string of the molecule is Fc1ccccc1N1CCN([C@@H]2CCCN(Cc3ccc(-n4cccn4)cc3)C2)CC1. The van der Waals surface area contributed by atoms with E-state index >= 15 is 0 Å². The highest BCUT2D eigenvalue weighted by Crippen LogP contribution is 2.24. The van der Waals surface area contributed by atoms with Crippen molar-refractivity contribution in [2.45, 2.75) is 25.4 Å². The van der Waals surface area contributed by atoms with E-state index < -0.39 is 0 Å². The van der Waals surface area contributed by atoms with Gasteiger partial charge >= 0.3 is 0 Å². The van der Waals surface area contributed by atoms with E-state index in [-0.39, 0.29) is 5.82 Å². The Bertz CT molecular complexity index is 964. The number of nitrogens with zero attached hydrogens (tertiary/aromatic N) is 5. The van der Waals surface area contributed by atoms with E-state index in [4.69, 9.17) is 0 Å². The van der Waals surface area contributed by atoms with Gasteiger partial charge in [0.05, 0.1) is 11.4 Å². The van der Waals surface area contributed by atoms with Crippen LogP contribution in [0.3, 0.4) is 0 Å². The lowest BCUT2D eigenvalue weighted by molar-refractivity contribution is 0.0887. The number of aromatic nitrogens is 2. The van der Waals surface area contributed by atoms with Gasteiger partial charge in [-0.05, 0) is 55.3 Å². The molecular formula is C25H30FN5. The van der Waals surface area contributed by atoms with Crippen molar-refractivity contribution in [2.24, 2.45) is 0 Å². The van der Waals surface area contributed by atoms with Gasteiger partial charge in [0.15, 0.2) is 0 Å². The molecule has 2 saturated heterocycles. The van der Waals surface area contributed by atoms with E-state index in [2.05, 4.69) is 44.1 Å². The second kappa shape index (κ2) is 9.20. The van der Waals surface area contributed by atoms with E-state index in [0.717, 1.165) is 57.2 Å². The Morgan fingerprint density at radius 1 is 0.903 bits per heavy atom. The summed E-state index contributed by atoms with van der Waals surface area (Å²) in [7, 11) is 0. The third-order valence-electron chi connectivity index (χ3n) is 6.62. The normalized spacial score (nSPS) is 20.8. The zero-order valence-electron chi connectivity index (χ0n) is 17.9. The average Bonchev–Trinajstić information content (AvgIpc) is 3.35. The first kappa shape index (κ1) is 20.2. The lowest BCUT2D eigenvalue weighted by Crippen LogP contribution is -2.55. The summed E-state index contributed by atoms with van der Waals surface area (Å²) >= 11 is 0. The van der Waals surface area contributed by atoms with Crippen molar-refractivity contribution in [3.63, 3.8) is 0 Å². The fraction of sp³-hybridized carbons (Fsp3) is 0.400. The molecule has 0 radical (unpaired) electrons. The first-order chi connectivity index (χ1) is 15.3. The number of para-hydroxylation sites is 1. The van der Waals surface area contributed by atoms with Crippen LogP contribution in [0.15, 0.2) is 67.0 Å². The molecule has 5 nitrogen and oxygen atoms in total. The number of piperidine rings is 1. The lowest BCUT2D eigenvalue weighted by atomic mass is 10.0. The van der Waals surface area contributed by atoms with Gasteiger partial charge in [-0.1, -0.05) is 24.3 Å². The predicted octanol–water partition coefficient (Wildman–Crippen LogP) is 3.80. The Labute approximate surface area is 183 Å². The molecule has 2 aromatic carbocycles. The van der Waals surface area contributed by atoms with Gasteiger partial charge in [-0.15, -0.1) is 0 Å². The number of anilines is 1. The van der Waals surface area contributed by atoms with E-state index in [1.807, 2.05) is 29.1 Å². The zero-order valence-corrected chi connectivity index (χ0v) is 17.9. The van der Waals surface area contributed by atoms with Crippen molar-refractivity contribution in [3.05, 3.63) is 78.4 Å². The van der Waals surface area contributed by atoms with Gasteiger partial charge in [-0.3, -0.25) is 9.80 Å². The van der Waals surface area contributed by atoms with Crippen LogP contribution >= 0.6 is 0 Å². The Balaban J connectivity index is 1.15. The van der Waals surface area contributed by atoms with Crippen LogP contribution in [0.2, 0.25) is 0 Å². The van der Waals surface area contributed by atoms with E-state index in [9.17, 15) is 4.39 Å². The molecule has 2 aliphatic heterocycles. The van der Waals surface area contributed by atoms with Gasteiger partial charge in [0.2, 0.25) is 0 Å². The molecule has 0 aliphatic carbocycles. The van der Waals surface area contributed by atoms with Gasteiger partial charge in [0.1, 0.15) is 5.82 Å². The topological polar surface area (TPSA) is 27.5 Å². The molecule has 2 aliphatic rings. The van der Waals surface area contributed by atoms with Gasteiger partial charge in [-0.2, -0.15) is 5.10 Å². The molecule has 6 heteroatoms. The molecule has 162 valence electrons. The molecule has 1 atom stereocenters. The number of benzene rings is 2. The molecule has 0 saturated carbocycles. The Morgan fingerprint density at radius 2 is 1.71 bits per heavy atom. The summed E-state index contributed by atoms with van der Waals surface area (Å²) < 4.78 is 16.0. The summed E-state index contributed by atoms with van der Waals surface area (Å²) in [6.07, 6.45) is 6.27. The third-order valence-corrected chi connectivity index (χ3v) is 6.62. The molecule has 0 spiro atoms. The Kier molecular flexibility index (Phi) is 6.00. The summed E-state index contributed by atoms with van der Waals surface area (Å²) in [5.41, 5.74) is 3.19. The number of likely N-dealkylation sites (tertiary alicyclic amines) is 1. The second-order valence-electron chi connectivity index (χ2n) is 8.62. The number of hydrogen-bond donors (Lipinski definition) is 0. The van der Waals surface area contributed by atoms with E-state index in [1.165, 1.54) is 18.4 Å². The number of rotatable bonds is 5. The summed E-state index contributed by atoms with van der Waals surface area (Å²) in [6, 6.07) is 18.4. The quantitative estimate of drug-likeness (QED) is 0.629. The predicted molar refractivity (Wildman–Crippen MR) is 122 cm³/mol. The smallest absolute Gasteiger partial charge is 0.146 e. The first-order valence-electron chi connectivity index (χ1n) is 11.3. The van der Waals surface area contributed by atoms with E-state index in [0.29, 0.717) is 6.04 Å². The number of piperazine rings is 1. The summed E-state index contributed by atoms with van der Waals surface area (Å²) in [5, 5.41) is 4.30. The van der Waals surface area contributed by atoms with Crippen LogP contribution in [-0.4, -0.2) is 64.9 Å². The summed E-state index contributed by atoms with van der Waals surface area (Å²) in [4.78, 5) is 7.39. The molecule has 2 fully saturated rings. The fourth-order valence-corrected chi connectivity index (χ4v) is 4.94. The lowest BCUT2D eigenvalue weighted by Gasteiger charge is -2.44. The van der Waals surface area contributed by atoms with E-state index in [1.54, 1.807) is 18.3 Å². The van der Waals surface area contributed by atoms with Gasteiger partial charge in [0, 0.05) is 57.7 Å². The minimum Gasteiger partial charge on any atom is -0.367 e. The maximum absolute atomic E-state index is 14.1. The molecule has 5 rings (SSSR count). The Hall–Kier alpha value is -2.70. The number of hydrogen-bond acceptors (Lipinski definition) is 4. The van der Waals surface area contributed by atoms with Crippen LogP contribution in [0, 0.1) is 5.82 Å². The largest absolute Gasteiger partial charge is 0.367 e. The minimum absolute atomic E-state index is 0.113. The van der Waals surface area contributed by atoms with Crippen LogP contribution in [-0.2, 0) is 6.54 Å². The maximum atomic E-state index is 14.1. The van der Waals surface area contributed by atoms with Crippen LogP contribution in [0.4, 0.5) is 10.1 Å². The van der Waals surface area contributed by atoms with Crippen molar-refractivity contribution in [3.8, 4) is 5.69 Å². The average molecular weight is 420 g/mol. The third kappa shape index (κ3) is 4.65. The van der Waals surface area contributed by atoms with Crippen molar-refractivity contribution < 1.29 is 4.39 Å². The molecule has 0 N–H and O–H groups in total. The van der Waals surface area contributed by atoms with Gasteiger partial charge in [-0.25, -0.2) is 9.07 Å². The van der Waals surface area contributed by atoms with Gasteiger partial charge in [0.25, 0.3) is 0 Å². The second-order valence-corrected chi connectivity index (χ2v) is 8.62. The molecule has 0 unspecified atom stereocenters. The highest BCUT2D eigenvalue weighted by Gasteiger charge is 2.28. The Morgan fingerprint density at radius 3 is 2.45 bits per heavy atom. The van der Waals surface area contributed by atoms with Crippen LogP contribution in [0.25, 0.3) is 5.69 Å². The van der Waals surface area contributed by atoms with Gasteiger partial charge < -0.3 is 4.90 Å². The van der Waals surface area contributed by atoms with Crippen molar-refractivity contribution in [1.82, 2.24) is 19.6 Å². The summed E-state index contributed by atoms with van der Waals surface area (Å²) in [6.45, 7) is 7.06. The molecule has 0 amide bonds. The van der Waals surface area contributed by atoms with Crippen molar-refractivity contribution in [1.29, 1.82) is 0 Å². The van der Waals surface area contributed by atoms with Crippen LogP contribution in [0.1, 0.15) is 18.4 Å². The zero-order chi connectivity index (χ0) is 21.0. The van der Waals surface area contributed by atoms with Crippen molar-refractivity contribution in [2.75, 3.05) is 44.2 Å². The molecule has 1 aromatic heterocycles. The van der Waals surface area contributed by atoms with Crippen molar-refractivity contribution >= 4 is 5.69 Å². The highest BCUT2D eigenvalue weighted by molar-refractivity contribution is 5.48. The molecule has 3 heterocycles.